The predicted octanol–water partition coefficient (Wildman–Crippen LogP) is -0.486. The number of hydrogen-bond acceptors (Lipinski definition) is 5. The van der Waals surface area contributed by atoms with Gasteiger partial charge in [-0.25, -0.2) is 0 Å². The third kappa shape index (κ3) is 3.37. The number of carboxylic acids is 1. The summed E-state index contributed by atoms with van der Waals surface area (Å²) in [4.78, 5) is 11.3. The molecule has 0 aliphatic carbocycles. The first-order chi connectivity index (χ1) is 9.75. The predicted molar refractivity (Wildman–Crippen MR) is 74.0 cm³/mol. The molecule has 8 nitrogen and oxygen atoms in total. The van der Waals surface area contributed by atoms with Gasteiger partial charge in [0, 0.05) is 33.2 Å². The number of methoxy groups -OCH3 is 1. The molecule has 2 heterocycles. The fourth-order valence-electron chi connectivity index (χ4n) is 2.89. The number of carboxylic acid groups (broad SMARTS) is 1. The van der Waals surface area contributed by atoms with E-state index >= 15 is 0 Å². The molecule has 0 aromatic rings. The number of carbonyl (C=O) groups is 1. The van der Waals surface area contributed by atoms with Crippen molar-refractivity contribution in [3.8, 4) is 0 Å². The van der Waals surface area contributed by atoms with Gasteiger partial charge in [0.15, 0.2) is 0 Å². The molecule has 2 rings (SSSR count). The molecule has 2 aliphatic heterocycles. The van der Waals surface area contributed by atoms with E-state index in [4.69, 9.17) is 9.47 Å². The summed E-state index contributed by atoms with van der Waals surface area (Å²) < 4.78 is 38.5. The van der Waals surface area contributed by atoms with Crippen LogP contribution in [0.3, 0.4) is 0 Å². The van der Waals surface area contributed by atoms with E-state index in [1.165, 1.54) is 11.4 Å². The highest BCUT2D eigenvalue weighted by atomic mass is 32.2. The van der Waals surface area contributed by atoms with Crippen molar-refractivity contribution in [3.63, 3.8) is 0 Å². The Hall–Kier alpha value is -0.740. The first-order valence-electron chi connectivity index (χ1n) is 6.93. The first kappa shape index (κ1) is 16.6. The number of nitrogens with zero attached hydrogens (tertiary/aromatic N) is 2. The van der Waals surface area contributed by atoms with Gasteiger partial charge in [-0.05, 0) is 13.8 Å². The Morgan fingerprint density at radius 2 is 1.81 bits per heavy atom. The molecule has 0 saturated carbocycles. The topological polar surface area (TPSA) is 96.4 Å². The lowest BCUT2D eigenvalue weighted by atomic mass is 10.2. The van der Waals surface area contributed by atoms with Gasteiger partial charge in [0.2, 0.25) is 0 Å². The second kappa shape index (κ2) is 6.17. The molecule has 2 saturated heterocycles. The summed E-state index contributed by atoms with van der Waals surface area (Å²) in [5.74, 6) is -1.15. The number of aliphatic carboxylic acids is 1. The Morgan fingerprint density at radius 3 is 2.29 bits per heavy atom. The summed E-state index contributed by atoms with van der Waals surface area (Å²) in [5, 5.41) is 9.26. The van der Waals surface area contributed by atoms with Gasteiger partial charge in [0.1, 0.15) is 6.04 Å². The molecule has 4 atom stereocenters. The zero-order valence-corrected chi connectivity index (χ0v) is 13.2. The average Bonchev–Trinajstić information content (AvgIpc) is 2.82. The van der Waals surface area contributed by atoms with Gasteiger partial charge >= 0.3 is 5.97 Å². The number of morpholine rings is 1. The van der Waals surface area contributed by atoms with E-state index < -0.39 is 28.3 Å². The molecule has 4 unspecified atom stereocenters. The summed E-state index contributed by atoms with van der Waals surface area (Å²) in [6, 6.07) is -1.08. The molecule has 2 aliphatic rings. The van der Waals surface area contributed by atoms with Crippen molar-refractivity contribution in [3.05, 3.63) is 0 Å². The van der Waals surface area contributed by atoms with Gasteiger partial charge in [0.25, 0.3) is 10.2 Å². The van der Waals surface area contributed by atoms with Crippen molar-refractivity contribution >= 4 is 16.2 Å². The Kier molecular flexibility index (Phi) is 4.89. The van der Waals surface area contributed by atoms with Crippen LogP contribution in [-0.4, -0.2) is 79.2 Å². The standard InChI is InChI=1S/C12H22N2O6S/c1-8-5-13(6-9(2)20-8)21(17,18)14-7-10(19-3)4-11(14)12(15)16/h8-11H,4-7H2,1-3H3,(H,15,16). The molecule has 0 bridgehead atoms. The van der Waals surface area contributed by atoms with E-state index in [0.717, 1.165) is 4.31 Å². The van der Waals surface area contributed by atoms with Crippen LogP contribution in [-0.2, 0) is 24.5 Å². The minimum atomic E-state index is -3.84. The van der Waals surface area contributed by atoms with Gasteiger partial charge < -0.3 is 14.6 Å². The zero-order chi connectivity index (χ0) is 15.8. The number of rotatable bonds is 4. The van der Waals surface area contributed by atoms with Crippen LogP contribution in [0, 0.1) is 0 Å². The number of ether oxygens (including phenoxy) is 2. The highest BCUT2D eigenvalue weighted by molar-refractivity contribution is 7.86. The van der Waals surface area contributed by atoms with Crippen molar-refractivity contribution < 1.29 is 27.8 Å². The molecule has 0 spiro atoms. The summed E-state index contributed by atoms with van der Waals surface area (Å²) in [6.45, 7) is 4.12. The fourth-order valence-corrected chi connectivity index (χ4v) is 4.83. The van der Waals surface area contributed by atoms with Crippen LogP contribution in [0.5, 0.6) is 0 Å². The highest BCUT2D eigenvalue weighted by Crippen LogP contribution is 2.27. The van der Waals surface area contributed by atoms with E-state index in [0.29, 0.717) is 0 Å². The van der Waals surface area contributed by atoms with Crippen molar-refractivity contribution in [1.29, 1.82) is 0 Å². The summed E-state index contributed by atoms with van der Waals surface area (Å²) in [6.07, 6.45) is -0.655. The third-order valence-electron chi connectivity index (χ3n) is 3.84. The second-order valence-electron chi connectivity index (χ2n) is 5.60. The lowest BCUT2D eigenvalue weighted by Crippen LogP contribution is -2.55. The van der Waals surface area contributed by atoms with Gasteiger partial charge in [-0.15, -0.1) is 0 Å². The monoisotopic (exact) mass is 322 g/mol. The zero-order valence-electron chi connectivity index (χ0n) is 12.4. The molecule has 0 aromatic carbocycles. The lowest BCUT2D eigenvalue weighted by Gasteiger charge is -2.37. The van der Waals surface area contributed by atoms with Crippen molar-refractivity contribution in [2.75, 3.05) is 26.7 Å². The minimum Gasteiger partial charge on any atom is -0.480 e. The third-order valence-corrected chi connectivity index (χ3v) is 5.79. The lowest BCUT2D eigenvalue weighted by molar-refractivity contribution is -0.140. The molecule has 2 fully saturated rings. The van der Waals surface area contributed by atoms with Crippen molar-refractivity contribution in [2.45, 2.75) is 44.6 Å². The van der Waals surface area contributed by atoms with E-state index in [-0.39, 0.29) is 38.3 Å². The Balaban J connectivity index is 2.23. The van der Waals surface area contributed by atoms with E-state index in [1.54, 1.807) is 13.8 Å². The maximum absolute atomic E-state index is 12.7. The molecule has 9 heteroatoms. The molecule has 0 amide bonds. The van der Waals surface area contributed by atoms with Gasteiger partial charge in [-0.1, -0.05) is 0 Å². The average molecular weight is 322 g/mol. The molecule has 122 valence electrons. The smallest absolute Gasteiger partial charge is 0.322 e. The molecule has 21 heavy (non-hydrogen) atoms. The van der Waals surface area contributed by atoms with Gasteiger partial charge in [0.05, 0.1) is 18.3 Å². The maximum Gasteiger partial charge on any atom is 0.322 e. The normalized spacial score (nSPS) is 36.0. The Bertz CT molecular complexity index is 486. The fraction of sp³-hybridized carbons (Fsp3) is 0.917. The Labute approximate surface area is 124 Å². The molecule has 0 aromatic heterocycles. The second-order valence-corrected chi connectivity index (χ2v) is 7.48. The van der Waals surface area contributed by atoms with Crippen LogP contribution in [0.1, 0.15) is 20.3 Å². The van der Waals surface area contributed by atoms with Crippen LogP contribution in [0.4, 0.5) is 0 Å². The summed E-state index contributed by atoms with van der Waals surface area (Å²) in [7, 11) is -2.38. The molecule has 1 N–H and O–H groups in total. The van der Waals surface area contributed by atoms with Crippen LogP contribution in [0.15, 0.2) is 0 Å². The summed E-state index contributed by atoms with van der Waals surface area (Å²) in [5.41, 5.74) is 0. The molecular weight excluding hydrogens is 300 g/mol. The quantitative estimate of drug-likeness (QED) is 0.750. The minimum absolute atomic E-state index is 0.0654. The van der Waals surface area contributed by atoms with E-state index in [2.05, 4.69) is 0 Å². The maximum atomic E-state index is 12.7. The molecule has 0 radical (unpaired) electrons. The van der Waals surface area contributed by atoms with Crippen LogP contribution in [0.25, 0.3) is 0 Å². The van der Waals surface area contributed by atoms with Gasteiger partial charge in [-0.2, -0.15) is 17.0 Å². The van der Waals surface area contributed by atoms with E-state index in [9.17, 15) is 18.3 Å². The van der Waals surface area contributed by atoms with E-state index in [1.807, 2.05) is 0 Å². The van der Waals surface area contributed by atoms with Crippen molar-refractivity contribution in [2.24, 2.45) is 0 Å². The summed E-state index contributed by atoms with van der Waals surface area (Å²) >= 11 is 0. The van der Waals surface area contributed by atoms with Crippen LogP contribution >= 0.6 is 0 Å². The van der Waals surface area contributed by atoms with Crippen molar-refractivity contribution in [1.82, 2.24) is 8.61 Å². The SMILES string of the molecule is COC1CC(C(=O)O)N(S(=O)(=O)N2CC(C)OC(C)C2)C1. The molecular formula is C12H22N2O6S. The first-order valence-corrected chi connectivity index (χ1v) is 8.33. The largest absolute Gasteiger partial charge is 0.480 e. The Morgan fingerprint density at radius 1 is 1.24 bits per heavy atom. The van der Waals surface area contributed by atoms with Gasteiger partial charge in [-0.3, -0.25) is 4.79 Å². The van der Waals surface area contributed by atoms with Crippen LogP contribution in [0.2, 0.25) is 0 Å². The highest BCUT2D eigenvalue weighted by Gasteiger charge is 2.47. The number of hydrogen-bond donors (Lipinski definition) is 1. The van der Waals surface area contributed by atoms with Crippen LogP contribution < -0.4 is 0 Å².